The zero-order valence-electron chi connectivity index (χ0n) is 21.7. The van der Waals surface area contributed by atoms with Crippen molar-refractivity contribution in [1.29, 1.82) is 0 Å². The van der Waals surface area contributed by atoms with E-state index in [1.54, 1.807) is 12.1 Å². The van der Waals surface area contributed by atoms with Crippen LogP contribution in [0.5, 0.6) is 0 Å². The van der Waals surface area contributed by atoms with Gasteiger partial charge in [-0.2, -0.15) is 0 Å². The molecule has 0 saturated carbocycles. The summed E-state index contributed by atoms with van der Waals surface area (Å²) in [6.07, 6.45) is 0.520. The minimum Gasteiger partial charge on any atom is -0.374 e. The predicted octanol–water partition coefficient (Wildman–Crippen LogP) is 3.26. The van der Waals surface area contributed by atoms with Crippen molar-refractivity contribution in [3.63, 3.8) is 0 Å². The fourth-order valence-electron chi connectivity index (χ4n) is 4.12. The van der Waals surface area contributed by atoms with Crippen molar-refractivity contribution >= 4 is 27.2 Å². The highest BCUT2D eigenvalue weighted by atomic mass is 32.2. The number of amides is 2. The van der Waals surface area contributed by atoms with Crippen molar-refractivity contribution in [3.05, 3.63) is 82.8 Å². The molecule has 2 heterocycles. The summed E-state index contributed by atoms with van der Waals surface area (Å²) in [7, 11) is -3.97. The summed E-state index contributed by atoms with van der Waals surface area (Å²) in [6.45, 7) is 7.44. The van der Waals surface area contributed by atoms with Crippen molar-refractivity contribution in [1.82, 2.24) is 24.6 Å². The smallest absolute Gasteiger partial charge is 0.328 e. The third-order valence-electron chi connectivity index (χ3n) is 6.03. The van der Waals surface area contributed by atoms with E-state index < -0.39 is 16.1 Å². The van der Waals surface area contributed by atoms with Crippen molar-refractivity contribution in [2.24, 2.45) is 5.73 Å². The zero-order chi connectivity index (χ0) is 27.3. The number of carbonyl (C=O) groups is 1. The molecule has 0 aliphatic carbocycles. The van der Waals surface area contributed by atoms with E-state index >= 15 is 0 Å². The van der Waals surface area contributed by atoms with Crippen LogP contribution in [0, 0.1) is 13.8 Å². The minimum atomic E-state index is -3.97. The van der Waals surface area contributed by atoms with Gasteiger partial charge in [0.1, 0.15) is 17.9 Å². The molecular formula is C27H32N6O4S. The highest BCUT2D eigenvalue weighted by Gasteiger charge is 2.18. The first kappa shape index (κ1) is 27.2. The molecule has 0 bridgehead atoms. The summed E-state index contributed by atoms with van der Waals surface area (Å²) >= 11 is 0. The number of nitrogens with two attached hydrogens (primary N) is 1. The number of carbonyl (C=O) groups excluding carboxylic acids is 1. The lowest BCUT2D eigenvalue weighted by molar-refractivity contribution is 0.127. The fourth-order valence-corrected chi connectivity index (χ4v) is 5.05. The van der Waals surface area contributed by atoms with Crippen molar-refractivity contribution < 1.29 is 17.9 Å². The molecule has 10 nitrogen and oxygen atoms in total. The van der Waals surface area contributed by atoms with Crippen LogP contribution in [0.25, 0.3) is 16.9 Å². The van der Waals surface area contributed by atoms with Gasteiger partial charge in [0, 0.05) is 31.1 Å². The Balaban J connectivity index is 1.41. The van der Waals surface area contributed by atoms with Gasteiger partial charge in [0.05, 0.1) is 4.90 Å². The molecule has 0 unspecified atom stereocenters. The van der Waals surface area contributed by atoms with Crippen molar-refractivity contribution in [2.45, 2.75) is 45.2 Å². The molecule has 4 aromatic rings. The zero-order valence-corrected chi connectivity index (χ0v) is 22.5. The Morgan fingerprint density at radius 2 is 1.71 bits per heavy atom. The number of hydrogen-bond acceptors (Lipinski definition) is 7. The van der Waals surface area contributed by atoms with E-state index in [0.29, 0.717) is 26.2 Å². The fraction of sp³-hybridized carbons (Fsp3) is 0.296. The van der Waals surface area contributed by atoms with Crippen LogP contribution in [0.4, 0.5) is 4.79 Å². The van der Waals surface area contributed by atoms with Crippen molar-refractivity contribution in [3.8, 4) is 5.69 Å². The van der Waals surface area contributed by atoms with Crippen molar-refractivity contribution in [2.75, 3.05) is 13.2 Å². The molecule has 0 aliphatic heterocycles. The quantitative estimate of drug-likeness (QED) is 0.282. The summed E-state index contributed by atoms with van der Waals surface area (Å²) in [5, 5.41) is 2.60. The first-order chi connectivity index (χ1) is 18.2. The van der Waals surface area contributed by atoms with Crippen LogP contribution >= 0.6 is 0 Å². The maximum atomic E-state index is 12.4. The summed E-state index contributed by atoms with van der Waals surface area (Å²) in [5.74, 6) is 0.771. The topological polar surface area (TPSA) is 141 Å². The monoisotopic (exact) mass is 536 g/mol. The minimum absolute atomic E-state index is 0.00366. The first-order valence-corrected chi connectivity index (χ1v) is 13.8. The molecular weight excluding hydrogens is 504 g/mol. The van der Waals surface area contributed by atoms with Gasteiger partial charge in [-0.3, -0.25) is 4.57 Å². The summed E-state index contributed by atoms with van der Waals surface area (Å²) < 4.78 is 34.5. The van der Waals surface area contributed by atoms with Gasteiger partial charge < -0.3 is 15.8 Å². The van der Waals surface area contributed by atoms with E-state index in [-0.39, 0.29) is 11.4 Å². The van der Waals surface area contributed by atoms with Gasteiger partial charge in [-0.05, 0) is 74.2 Å². The molecule has 200 valence electrons. The molecule has 2 aromatic carbocycles. The molecule has 4 rings (SSSR count). The van der Waals surface area contributed by atoms with Gasteiger partial charge in [0.15, 0.2) is 5.65 Å². The van der Waals surface area contributed by atoms with Gasteiger partial charge >= 0.3 is 6.03 Å². The second-order valence-electron chi connectivity index (χ2n) is 8.88. The molecule has 2 aromatic heterocycles. The molecule has 11 heteroatoms. The third kappa shape index (κ3) is 6.18. The summed E-state index contributed by atoms with van der Waals surface area (Å²) in [4.78, 5) is 21.7. The number of fused-ring (bicyclic) bond motifs is 1. The second kappa shape index (κ2) is 11.7. The number of pyridine rings is 1. The summed E-state index contributed by atoms with van der Waals surface area (Å²) in [6, 6.07) is 15.2. The Kier molecular flexibility index (Phi) is 8.40. The SMILES string of the molecule is CCOCc1nc2c(C)cc(C)nc2n1-c1ccc(CCNC(=O)NS(=O)(=O)c2ccc(CN)cc2)cc1. The number of ether oxygens (including phenoxy) is 1. The standard InChI is InChI=1S/C27H32N6O4S/c1-4-37-17-24-31-25-18(2)15-19(3)30-26(25)33(24)22-9-5-20(6-10-22)13-14-29-27(34)32-38(35,36)23-11-7-21(16-28)8-12-23/h5-12,15H,4,13-14,16-17,28H2,1-3H3,(H2,29,32,34). The number of aromatic nitrogens is 3. The number of hydrogen-bond donors (Lipinski definition) is 3. The highest BCUT2D eigenvalue weighted by molar-refractivity contribution is 7.90. The van der Waals surface area contributed by atoms with Gasteiger partial charge in [0.2, 0.25) is 0 Å². The van der Waals surface area contributed by atoms with Crippen LogP contribution in [0.2, 0.25) is 0 Å². The second-order valence-corrected chi connectivity index (χ2v) is 10.6. The number of benzene rings is 2. The molecule has 0 atom stereocenters. The van der Waals surface area contributed by atoms with Gasteiger partial charge in [-0.15, -0.1) is 0 Å². The van der Waals surface area contributed by atoms with E-state index in [1.165, 1.54) is 12.1 Å². The van der Waals surface area contributed by atoms with Crippen LogP contribution < -0.4 is 15.8 Å². The van der Waals surface area contributed by atoms with Gasteiger partial charge in [-0.1, -0.05) is 24.3 Å². The number of rotatable bonds is 10. The van der Waals surface area contributed by atoms with Crippen LogP contribution in [0.3, 0.4) is 0 Å². The van der Waals surface area contributed by atoms with Crippen LogP contribution in [-0.2, 0) is 34.3 Å². The number of imidazole rings is 1. The number of nitrogens with one attached hydrogen (secondary N) is 2. The number of nitrogens with zero attached hydrogens (tertiary/aromatic N) is 3. The summed E-state index contributed by atoms with van der Waals surface area (Å²) in [5.41, 5.74) is 11.8. The first-order valence-electron chi connectivity index (χ1n) is 12.3. The predicted molar refractivity (Wildman–Crippen MR) is 145 cm³/mol. The van der Waals surface area contributed by atoms with Crippen LogP contribution in [0.1, 0.15) is 35.1 Å². The lowest BCUT2D eigenvalue weighted by Gasteiger charge is -2.11. The average molecular weight is 537 g/mol. The molecule has 0 saturated heterocycles. The Morgan fingerprint density at radius 1 is 1.03 bits per heavy atom. The van der Waals surface area contributed by atoms with E-state index in [2.05, 4.69) is 5.32 Å². The van der Waals surface area contributed by atoms with E-state index in [0.717, 1.165) is 45.1 Å². The van der Waals surface area contributed by atoms with Gasteiger partial charge in [-0.25, -0.2) is 27.9 Å². The number of urea groups is 1. The molecule has 2 amide bonds. The lowest BCUT2D eigenvalue weighted by atomic mass is 10.1. The van der Waals surface area contributed by atoms with E-state index in [1.807, 2.05) is 60.4 Å². The average Bonchev–Trinajstić information content (AvgIpc) is 3.26. The third-order valence-corrected chi connectivity index (χ3v) is 7.38. The van der Waals surface area contributed by atoms with Crippen LogP contribution in [0.15, 0.2) is 59.5 Å². The lowest BCUT2D eigenvalue weighted by Crippen LogP contribution is -2.40. The molecule has 0 aliphatic rings. The molecule has 0 fully saturated rings. The number of aryl methyl sites for hydroxylation is 2. The Labute approximate surface area is 222 Å². The normalized spacial score (nSPS) is 11.6. The molecule has 0 spiro atoms. The Hall–Kier alpha value is -3.80. The number of sulfonamides is 1. The Bertz CT molecular complexity index is 1530. The van der Waals surface area contributed by atoms with E-state index in [9.17, 15) is 13.2 Å². The van der Waals surface area contributed by atoms with Crippen LogP contribution in [-0.4, -0.2) is 42.1 Å². The maximum absolute atomic E-state index is 12.4. The molecule has 0 radical (unpaired) electrons. The largest absolute Gasteiger partial charge is 0.374 e. The Morgan fingerprint density at radius 3 is 2.37 bits per heavy atom. The molecule has 38 heavy (non-hydrogen) atoms. The molecule has 4 N–H and O–H groups in total. The maximum Gasteiger partial charge on any atom is 0.328 e. The van der Waals surface area contributed by atoms with E-state index in [4.69, 9.17) is 20.4 Å². The highest BCUT2D eigenvalue weighted by Crippen LogP contribution is 2.24. The van der Waals surface area contributed by atoms with Gasteiger partial charge in [0.25, 0.3) is 10.0 Å².